The molecule has 2 heterocycles. The molecule has 0 aromatic heterocycles. The number of benzene rings is 1. The Hall–Kier alpha value is -1.48. The molecule has 1 aromatic carbocycles. The SMILES string of the molecule is CC1CN(S(=O)(=O)c2ccc(C(=O)N3CCOCC3)cc2)CCN1. The molecule has 2 aliphatic heterocycles. The van der Waals surface area contributed by atoms with Crippen molar-refractivity contribution in [1.82, 2.24) is 14.5 Å². The Bertz CT molecular complexity index is 684. The molecule has 1 aromatic rings. The highest BCUT2D eigenvalue weighted by molar-refractivity contribution is 7.89. The maximum atomic E-state index is 12.7. The largest absolute Gasteiger partial charge is 0.378 e. The smallest absolute Gasteiger partial charge is 0.254 e. The van der Waals surface area contributed by atoms with Gasteiger partial charge in [-0.05, 0) is 31.2 Å². The van der Waals surface area contributed by atoms with Crippen molar-refractivity contribution in [2.24, 2.45) is 0 Å². The van der Waals surface area contributed by atoms with Crippen molar-refractivity contribution < 1.29 is 17.9 Å². The molecule has 0 spiro atoms. The van der Waals surface area contributed by atoms with Crippen molar-refractivity contribution in [2.75, 3.05) is 45.9 Å². The van der Waals surface area contributed by atoms with Crippen LogP contribution in [0.2, 0.25) is 0 Å². The molecule has 24 heavy (non-hydrogen) atoms. The van der Waals surface area contributed by atoms with Gasteiger partial charge in [-0.2, -0.15) is 4.31 Å². The van der Waals surface area contributed by atoms with Crippen molar-refractivity contribution >= 4 is 15.9 Å². The molecule has 3 rings (SSSR count). The van der Waals surface area contributed by atoms with Gasteiger partial charge >= 0.3 is 0 Å². The van der Waals surface area contributed by atoms with E-state index in [9.17, 15) is 13.2 Å². The summed E-state index contributed by atoms with van der Waals surface area (Å²) >= 11 is 0. The highest BCUT2D eigenvalue weighted by atomic mass is 32.2. The van der Waals surface area contributed by atoms with Gasteiger partial charge in [0.2, 0.25) is 10.0 Å². The van der Waals surface area contributed by atoms with Gasteiger partial charge in [0, 0.05) is 44.3 Å². The fraction of sp³-hybridized carbons (Fsp3) is 0.562. The molecular formula is C16H23N3O4S. The van der Waals surface area contributed by atoms with Crippen molar-refractivity contribution in [3.63, 3.8) is 0 Å². The highest BCUT2D eigenvalue weighted by Crippen LogP contribution is 2.19. The molecule has 1 amide bonds. The van der Waals surface area contributed by atoms with Crippen LogP contribution in [0.5, 0.6) is 0 Å². The van der Waals surface area contributed by atoms with E-state index in [1.165, 1.54) is 16.4 Å². The first-order valence-electron chi connectivity index (χ1n) is 8.19. The molecule has 1 unspecified atom stereocenters. The van der Waals surface area contributed by atoms with Crippen molar-refractivity contribution in [2.45, 2.75) is 17.9 Å². The standard InChI is InChI=1S/C16H23N3O4S/c1-13-12-19(7-6-17-13)24(21,22)15-4-2-14(3-5-15)16(20)18-8-10-23-11-9-18/h2-5,13,17H,6-12H2,1H3. The first kappa shape index (κ1) is 17.3. The Kier molecular flexibility index (Phi) is 5.19. The average molecular weight is 353 g/mol. The van der Waals surface area contributed by atoms with Crippen molar-refractivity contribution in [3.8, 4) is 0 Å². The normalized spacial score (nSPS) is 23.2. The molecule has 2 fully saturated rings. The second-order valence-electron chi connectivity index (χ2n) is 6.15. The second kappa shape index (κ2) is 7.18. The maximum Gasteiger partial charge on any atom is 0.254 e. The third kappa shape index (κ3) is 3.61. The molecule has 0 radical (unpaired) electrons. The van der Waals surface area contributed by atoms with E-state index in [1.807, 2.05) is 6.92 Å². The molecule has 8 heteroatoms. The van der Waals surface area contributed by atoms with Crippen LogP contribution in [0.1, 0.15) is 17.3 Å². The van der Waals surface area contributed by atoms with Gasteiger partial charge in [-0.15, -0.1) is 0 Å². The minimum absolute atomic E-state index is 0.0851. The Morgan fingerprint density at radius 3 is 2.46 bits per heavy atom. The quantitative estimate of drug-likeness (QED) is 0.836. The topological polar surface area (TPSA) is 79.0 Å². The van der Waals surface area contributed by atoms with Crippen LogP contribution < -0.4 is 5.32 Å². The second-order valence-corrected chi connectivity index (χ2v) is 8.09. The predicted molar refractivity (Wildman–Crippen MR) is 89.4 cm³/mol. The number of carbonyl (C=O) groups excluding carboxylic acids is 1. The summed E-state index contributed by atoms with van der Waals surface area (Å²) in [6.45, 7) is 5.74. The van der Waals surface area contributed by atoms with Crippen LogP contribution in [0.25, 0.3) is 0 Å². The van der Waals surface area contributed by atoms with Crippen molar-refractivity contribution in [1.29, 1.82) is 0 Å². The number of ether oxygens (including phenoxy) is 1. The lowest BCUT2D eigenvalue weighted by molar-refractivity contribution is 0.0303. The average Bonchev–Trinajstić information content (AvgIpc) is 2.62. The van der Waals surface area contributed by atoms with Gasteiger partial charge in [0.15, 0.2) is 0 Å². The number of hydrogen-bond acceptors (Lipinski definition) is 5. The van der Waals surface area contributed by atoms with Crippen LogP contribution in [-0.2, 0) is 14.8 Å². The molecule has 1 atom stereocenters. The Balaban J connectivity index is 1.74. The van der Waals surface area contributed by atoms with Gasteiger partial charge in [-0.3, -0.25) is 4.79 Å². The summed E-state index contributed by atoms with van der Waals surface area (Å²) in [6.07, 6.45) is 0. The lowest BCUT2D eigenvalue weighted by Gasteiger charge is -2.31. The number of nitrogens with one attached hydrogen (secondary N) is 1. The lowest BCUT2D eigenvalue weighted by Crippen LogP contribution is -2.51. The Labute approximate surface area is 142 Å². The van der Waals surface area contributed by atoms with Crippen LogP contribution in [0.15, 0.2) is 29.2 Å². The zero-order chi connectivity index (χ0) is 17.2. The van der Waals surface area contributed by atoms with E-state index in [-0.39, 0.29) is 16.8 Å². The monoisotopic (exact) mass is 353 g/mol. The van der Waals surface area contributed by atoms with E-state index in [1.54, 1.807) is 17.0 Å². The lowest BCUT2D eigenvalue weighted by atomic mass is 10.2. The maximum absolute atomic E-state index is 12.7. The Morgan fingerprint density at radius 2 is 1.83 bits per heavy atom. The first-order valence-corrected chi connectivity index (χ1v) is 9.63. The van der Waals surface area contributed by atoms with Crippen LogP contribution in [0, 0.1) is 0 Å². The third-order valence-corrected chi connectivity index (χ3v) is 6.25. The van der Waals surface area contributed by atoms with E-state index in [4.69, 9.17) is 4.74 Å². The number of carbonyl (C=O) groups is 1. The van der Waals surface area contributed by atoms with E-state index in [2.05, 4.69) is 5.32 Å². The summed E-state index contributed by atoms with van der Waals surface area (Å²) in [5.74, 6) is -0.0851. The minimum Gasteiger partial charge on any atom is -0.378 e. The number of hydrogen-bond donors (Lipinski definition) is 1. The zero-order valence-corrected chi connectivity index (χ0v) is 14.6. The van der Waals surface area contributed by atoms with Crippen LogP contribution >= 0.6 is 0 Å². The van der Waals surface area contributed by atoms with Gasteiger partial charge in [0.25, 0.3) is 5.91 Å². The number of amides is 1. The molecule has 1 N–H and O–H groups in total. The molecule has 132 valence electrons. The van der Waals surface area contributed by atoms with Gasteiger partial charge in [0.05, 0.1) is 18.1 Å². The summed E-state index contributed by atoms with van der Waals surface area (Å²) in [7, 11) is -3.51. The molecule has 0 aliphatic carbocycles. The highest BCUT2D eigenvalue weighted by Gasteiger charge is 2.28. The molecule has 0 bridgehead atoms. The first-order chi connectivity index (χ1) is 11.5. The summed E-state index contributed by atoms with van der Waals surface area (Å²) in [5.41, 5.74) is 0.504. The summed E-state index contributed by atoms with van der Waals surface area (Å²) in [6, 6.07) is 6.37. The third-order valence-electron chi connectivity index (χ3n) is 4.37. The number of rotatable bonds is 3. The fourth-order valence-electron chi connectivity index (χ4n) is 2.98. The van der Waals surface area contributed by atoms with E-state index < -0.39 is 10.0 Å². The minimum atomic E-state index is -3.51. The van der Waals surface area contributed by atoms with Crippen LogP contribution in [0.4, 0.5) is 0 Å². The summed E-state index contributed by atoms with van der Waals surface area (Å²) in [5, 5.41) is 3.23. The number of nitrogens with zero attached hydrogens (tertiary/aromatic N) is 2. The number of piperazine rings is 1. The molecule has 0 saturated carbocycles. The van der Waals surface area contributed by atoms with E-state index in [0.29, 0.717) is 51.5 Å². The molecular weight excluding hydrogens is 330 g/mol. The predicted octanol–water partition coefficient (Wildman–Crippen LogP) is 0.141. The number of morpholine rings is 1. The molecule has 2 saturated heterocycles. The van der Waals surface area contributed by atoms with Gasteiger partial charge in [0.1, 0.15) is 0 Å². The van der Waals surface area contributed by atoms with E-state index in [0.717, 1.165) is 0 Å². The van der Waals surface area contributed by atoms with E-state index >= 15 is 0 Å². The number of sulfonamides is 1. The molecule has 2 aliphatic rings. The summed E-state index contributed by atoms with van der Waals surface area (Å²) < 4.78 is 32.1. The summed E-state index contributed by atoms with van der Waals surface area (Å²) in [4.78, 5) is 14.4. The zero-order valence-electron chi connectivity index (χ0n) is 13.8. The molecule has 7 nitrogen and oxygen atoms in total. The van der Waals surface area contributed by atoms with Gasteiger partial charge < -0.3 is 15.0 Å². The van der Waals surface area contributed by atoms with Crippen LogP contribution in [-0.4, -0.2) is 75.5 Å². The van der Waals surface area contributed by atoms with Crippen LogP contribution in [0.3, 0.4) is 0 Å². The Morgan fingerprint density at radius 1 is 1.17 bits per heavy atom. The van der Waals surface area contributed by atoms with Gasteiger partial charge in [-0.25, -0.2) is 8.42 Å². The van der Waals surface area contributed by atoms with Crippen molar-refractivity contribution in [3.05, 3.63) is 29.8 Å². The van der Waals surface area contributed by atoms with Gasteiger partial charge in [-0.1, -0.05) is 0 Å². The fourth-order valence-corrected chi connectivity index (χ4v) is 4.51.